The summed E-state index contributed by atoms with van der Waals surface area (Å²) in [5.41, 5.74) is 0. The second kappa shape index (κ2) is 10.2. The lowest BCUT2D eigenvalue weighted by atomic mass is 10.4. The minimum absolute atomic E-state index is 0.330. The molecular formula is C16H16O8S. The summed E-state index contributed by atoms with van der Waals surface area (Å²) in [6.07, 6.45) is 0. The molecule has 0 aliphatic carbocycles. The molecule has 0 aromatic heterocycles. The van der Waals surface area contributed by atoms with Gasteiger partial charge in [0.05, 0.1) is 9.79 Å². The average Bonchev–Trinajstić information content (AvgIpc) is 2.60. The summed E-state index contributed by atoms with van der Waals surface area (Å²) < 4.78 is 24.1. The van der Waals surface area contributed by atoms with Gasteiger partial charge in [0.1, 0.15) is 0 Å². The van der Waals surface area contributed by atoms with Gasteiger partial charge in [0.2, 0.25) is 9.84 Å². The molecule has 0 saturated heterocycles. The van der Waals surface area contributed by atoms with Gasteiger partial charge in [0.25, 0.3) is 0 Å². The van der Waals surface area contributed by atoms with Gasteiger partial charge < -0.3 is 10.2 Å². The Bertz CT molecular complexity index is 711. The third kappa shape index (κ3) is 7.57. The highest BCUT2D eigenvalue weighted by Gasteiger charge is 2.15. The van der Waals surface area contributed by atoms with Gasteiger partial charge >= 0.3 is 11.9 Å². The van der Waals surface area contributed by atoms with E-state index in [1.165, 1.54) is 0 Å². The number of carbonyl (C=O) groups is 2. The minimum Gasteiger partial charge on any atom is -0.479 e. The third-order valence-electron chi connectivity index (χ3n) is 2.56. The number of rotatable bonds is 7. The molecule has 0 atom stereocenters. The molecule has 2 N–H and O–H groups in total. The van der Waals surface area contributed by atoms with E-state index in [4.69, 9.17) is 10.2 Å². The topological polar surface area (TPSA) is 127 Å². The maximum Gasteiger partial charge on any atom is 0.333 e. The molecule has 2 aromatic carbocycles. The van der Waals surface area contributed by atoms with Crippen LogP contribution in [-0.2, 0) is 29.2 Å². The van der Waals surface area contributed by atoms with E-state index in [-0.39, 0.29) is 0 Å². The van der Waals surface area contributed by atoms with Gasteiger partial charge in [0, 0.05) is 0 Å². The zero-order valence-corrected chi connectivity index (χ0v) is 13.8. The van der Waals surface area contributed by atoms with Crippen molar-refractivity contribution in [2.24, 2.45) is 0 Å². The van der Waals surface area contributed by atoms with E-state index in [1.807, 2.05) is 0 Å². The van der Waals surface area contributed by atoms with Crippen LogP contribution in [0.15, 0.2) is 70.5 Å². The van der Waals surface area contributed by atoms with E-state index >= 15 is 0 Å². The predicted molar refractivity (Wildman–Crippen MR) is 85.5 cm³/mol. The second-order valence-electron chi connectivity index (χ2n) is 4.44. The lowest BCUT2D eigenvalue weighted by molar-refractivity contribution is -0.289. The number of sulfone groups is 1. The van der Waals surface area contributed by atoms with E-state index in [9.17, 15) is 18.0 Å². The molecule has 0 amide bonds. The van der Waals surface area contributed by atoms with Crippen LogP contribution in [0.3, 0.4) is 0 Å². The van der Waals surface area contributed by atoms with Gasteiger partial charge in [-0.1, -0.05) is 36.4 Å². The first-order chi connectivity index (χ1) is 11.8. The molecule has 0 radical (unpaired) electrons. The lowest BCUT2D eigenvalue weighted by Gasteiger charge is -2.03. The molecule has 134 valence electrons. The van der Waals surface area contributed by atoms with Crippen LogP contribution in [-0.4, -0.2) is 43.8 Å². The predicted octanol–water partition coefficient (Wildman–Crippen LogP) is 1.62. The molecule has 0 bridgehead atoms. The Morgan fingerprint density at radius 3 is 1.32 bits per heavy atom. The Kier molecular flexibility index (Phi) is 8.27. The van der Waals surface area contributed by atoms with Crippen molar-refractivity contribution in [2.75, 3.05) is 13.2 Å². The summed E-state index contributed by atoms with van der Waals surface area (Å²) in [6, 6.07) is 16.9. The standard InChI is InChI=1S/C12H10O2S.C4H6O6/c13-15(14,11-7-3-1-4-8-11)12-9-5-2-6-10-12;5-3(6)1-9-10-2-4(7)8/h1-10H;1-2H2,(H,5,6)(H,7,8). The molecule has 25 heavy (non-hydrogen) atoms. The smallest absolute Gasteiger partial charge is 0.333 e. The molecule has 9 heteroatoms. The molecule has 0 aliphatic heterocycles. The Morgan fingerprint density at radius 1 is 0.720 bits per heavy atom. The van der Waals surface area contributed by atoms with Crippen LogP contribution in [0.2, 0.25) is 0 Å². The number of aliphatic carboxylic acids is 2. The molecular weight excluding hydrogens is 352 g/mol. The fourth-order valence-corrected chi connectivity index (χ4v) is 2.82. The minimum atomic E-state index is -3.34. The van der Waals surface area contributed by atoms with Crippen LogP contribution in [0.4, 0.5) is 0 Å². The maximum absolute atomic E-state index is 12.0. The summed E-state index contributed by atoms with van der Waals surface area (Å²) >= 11 is 0. The van der Waals surface area contributed by atoms with Gasteiger partial charge in [-0.15, -0.1) is 0 Å². The molecule has 0 unspecified atom stereocenters. The van der Waals surface area contributed by atoms with Crippen LogP contribution in [0, 0.1) is 0 Å². The number of benzene rings is 2. The van der Waals surface area contributed by atoms with Gasteiger partial charge in [-0.2, -0.15) is 0 Å². The molecule has 2 rings (SSSR count). The fourth-order valence-electron chi connectivity index (χ4n) is 1.52. The van der Waals surface area contributed by atoms with E-state index in [0.717, 1.165) is 0 Å². The first-order valence-corrected chi connectivity index (χ1v) is 8.35. The molecule has 2 aromatic rings. The molecule has 0 spiro atoms. The molecule has 0 aliphatic rings. The van der Waals surface area contributed by atoms with Crippen molar-refractivity contribution in [1.82, 2.24) is 0 Å². The Morgan fingerprint density at radius 2 is 1.04 bits per heavy atom. The highest BCUT2D eigenvalue weighted by molar-refractivity contribution is 7.91. The summed E-state index contributed by atoms with van der Waals surface area (Å²) in [5, 5.41) is 15.9. The van der Waals surface area contributed by atoms with Gasteiger partial charge in [0.15, 0.2) is 13.2 Å². The molecule has 0 fully saturated rings. The number of hydrogen-bond donors (Lipinski definition) is 2. The largest absolute Gasteiger partial charge is 0.479 e. The van der Waals surface area contributed by atoms with Crippen LogP contribution < -0.4 is 0 Å². The Balaban J connectivity index is 0.000000275. The van der Waals surface area contributed by atoms with Crippen LogP contribution in [0.5, 0.6) is 0 Å². The summed E-state index contributed by atoms with van der Waals surface area (Å²) in [4.78, 5) is 27.9. The van der Waals surface area contributed by atoms with Crippen molar-refractivity contribution >= 4 is 21.8 Å². The van der Waals surface area contributed by atoms with Crippen LogP contribution in [0.1, 0.15) is 0 Å². The third-order valence-corrected chi connectivity index (χ3v) is 4.34. The highest BCUT2D eigenvalue weighted by atomic mass is 32.2. The van der Waals surface area contributed by atoms with Gasteiger partial charge in [-0.05, 0) is 24.3 Å². The molecule has 0 saturated carbocycles. The zero-order valence-electron chi connectivity index (χ0n) is 12.9. The summed E-state index contributed by atoms with van der Waals surface area (Å²) in [7, 11) is -3.34. The number of carboxylic acids is 2. The maximum atomic E-state index is 12.0. The normalized spacial score (nSPS) is 10.4. The van der Waals surface area contributed by atoms with Crippen molar-refractivity contribution in [3.8, 4) is 0 Å². The monoisotopic (exact) mass is 368 g/mol. The fraction of sp³-hybridized carbons (Fsp3) is 0.125. The highest BCUT2D eigenvalue weighted by Crippen LogP contribution is 2.19. The van der Waals surface area contributed by atoms with Crippen molar-refractivity contribution in [2.45, 2.75) is 9.79 Å². The first-order valence-electron chi connectivity index (χ1n) is 6.87. The van der Waals surface area contributed by atoms with Crippen LogP contribution >= 0.6 is 0 Å². The first kappa shape index (κ1) is 20.3. The Hall–Kier alpha value is -2.75. The van der Waals surface area contributed by atoms with Crippen LogP contribution in [0.25, 0.3) is 0 Å². The number of carboxylic acid groups (broad SMARTS) is 2. The quantitative estimate of drug-likeness (QED) is 0.429. The lowest BCUT2D eigenvalue weighted by Crippen LogP contribution is -2.12. The van der Waals surface area contributed by atoms with E-state index < -0.39 is 35.0 Å². The summed E-state index contributed by atoms with van der Waals surface area (Å²) in [6.45, 7) is -1.32. The number of hydrogen-bond acceptors (Lipinski definition) is 6. The van der Waals surface area contributed by atoms with E-state index in [1.54, 1.807) is 60.7 Å². The summed E-state index contributed by atoms with van der Waals surface area (Å²) in [5.74, 6) is -2.43. The van der Waals surface area contributed by atoms with E-state index in [2.05, 4.69) is 9.78 Å². The van der Waals surface area contributed by atoms with Gasteiger partial charge in [-0.25, -0.2) is 27.8 Å². The second-order valence-corrected chi connectivity index (χ2v) is 6.39. The van der Waals surface area contributed by atoms with Crippen molar-refractivity contribution in [3.63, 3.8) is 0 Å². The van der Waals surface area contributed by atoms with Crippen molar-refractivity contribution in [1.29, 1.82) is 0 Å². The van der Waals surface area contributed by atoms with E-state index in [0.29, 0.717) is 9.79 Å². The van der Waals surface area contributed by atoms with Crippen molar-refractivity contribution < 1.29 is 38.0 Å². The molecule has 0 heterocycles. The molecule has 8 nitrogen and oxygen atoms in total. The van der Waals surface area contributed by atoms with Gasteiger partial charge in [-0.3, -0.25) is 0 Å². The average molecular weight is 368 g/mol. The Labute approximate surface area is 144 Å². The zero-order chi connectivity index (χ0) is 18.7. The SMILES string of the molecule is O=C(O)COOCC(=O)O.O=S(=O)(c1ccccc1)c1ccccc1. The van der Waals surface area contributed by atoms with Crippen molar-refractivity contribution in [3.05, 3.63) is 60.7 Å².